The van der Waals surface area contributed by atoms with E-state index < -0.39 is 0 Å². The quantitative estimate of drug-likeness (QED) is 0.387. The lowest BCUT2D eigenvalue weighted by Crippen LogP contribution is -2.38. The van der Waals surface area contributed by atoms with E-state index in [9.17, 15) is 0 Å². The van der Waals surface area contributed by atoms with Gasteiger partial charge in [0.2, 0.25) is 0 Å². The van der Waals surface area contributed by atoms with Crippen LogP contribution in [0, 0.1) is 11.3 Å². The zero-order valence-corrected chi connectivity index (χ0v) is 19.5. The summed E-state index contributed by atoms with van der Waals surface area (Å²) in [6.45, 7) is 7.95. The van der Waals surface area contributed by atoms with E-state index in [1.54, 1.807) is 5.41 Å². The van der Waals surface area contributed by atoms with Gasteiger partial charge in [0.25, 0.3) is 5.19 Å². The minimum absolute atomic E-state index is 0.0468. The minimum Gasteiger partial charge on any atom is -0.467 e. The van der Waals surface area contributed by atoms with E-state index >= 15 is 0 Å². The van der Waals surface area contributed by atoms with Crippen LogP contribution in [0.15, 0.2) is 22.1 Å². The highest BCUT2D eigenvalue weighted by Gasteiger charge is 2.28. The number of anilines is 1. The summed E-state index contributed by atoms with van der Waals surface area (Å²) < 4.78 is 11.6. The predicted octanol–water partition coefficient (Wildman–Crippen LogP) is 4.80. The molecule has 0 saturated carbocycles. The number of thiazole rings is 1. The number of allylic oxidation sites excluding steroid dienone is 1. The lowest BCUT2D eigenvalue weighted by Gasteiger charge is -2.33. The van der Waals surface area contributed by atoms with Crippen molar-refractivity contribution in [3.8, 4) is 5.19 Å². The summed E-state index contributed by atoms with van der Waals surface area (Å²) in [5.41, 5.74) is 2.16. The van der Waals surface area contributed by atoms with Gasteiger partial charge in [0.1, 0.15) is 16.5 Å². The second kappa shape index (κ2) is 9.35. The van der Waals surface area contributed by atoms with Crippen molar-refractivity contribution in [1.29, 1.82) is 5.41 Å². The highest BCUT2D eigenvalue weighted by Crippen LogP contribution is 2.32. The number of rotatable bonds is 7. The van der Waals surface area contributed by atoms with Crippen molar-refractivity contribution in [2.45, 2.75) is 45.6 Å². The van der Waals surface area contributed by atoms with Crippen LogP contribution >= 0.6 is 24.0 Å². The summed E-state index contributed by atoms with van der Waals surface area (Å²) in [5.74, 6) is 1.43. The smallest absolute Gasteiger partial charge is 0.324 e. The van der Waals surface area contributed by atoms with Gasteiger partial charge in [-0.15, -0.1) is 0 Å². The molecule has 1 aliphatic rings. The van der Waals surface area contributed by atoms with E-state index in [1.807, 2.05) is 12.1 Å². The van der Waals surface area contributed by atoms with E-state index in [0.717, 1.165) is 42.1 Å². The summed E-state index contributed by atoms with van der Waals surface area (Å²) >= 11 is 5.57. The number of hydrogen-bond donors (Lipinski definition) is 2. The van der Waals surface area contributed by atoms with Crippen molar-refractivity contribution in [2.75, 3.05) is 18.0 Å². The number of pyridine rings is 1. The van der Waals surface area contributed by atoms with E-state index in [-0.39, 0.29) is 12.0 Å². The maximum Gasteiger partial charge on any atom is 0.324 e. The van der Waals surface area contributed by atoms with Gasteiger partial charge in [0.15, 0.2) is 5.82 Å². The van der Waals surface area contributed by atoms with Crippen LogP contribution in [0.2, 0.25) is 0 Å². The highest BCUT2D eigenvalue weighted by molar-refractivity contribution is 7.83. The van der Waals surface area contributed by atoms with E-state index in [2.05, 4.69) is 58.4 Å². The Hall–Kier alpha value is -2.46. The molecule has 1 saturated heterocycles. The van der Waals surface area contributed by atoms with Gasteiger partial charge in [-0.3, -0.25) is 0 Å². The molecule has 0 aliphatic carbocycles. The molecule has 8 nitrogen and oxygen atoms in total. The number of hydrogen-bond acceptors (Lipinski definition) is 10. The fourth-order valence-corrected chi connectivity index (χ4v) is 4.67. The molecule has 0 aromatic carbocycles. The predicted molar refractivity (Wildman–Crippen MR) is 127 cm³/mol. The summed E-state index contributed by atoms with van der Waals surface area (Å²) in [6, 6.07) is 4.37. The molecule has 31 heavy (non-hydrogen) atoms. The molecule has 3 aromatic rings. The zero-order chi connectivity index (χ0) is 22.0. The lowest BCUT2D eigenvalue weighted by atomic mass is 9.92. The second-order valence-electron chi connectivity index (χ2n) is 7.97. The molecule has 3 aromatic heterocycles. The molecular weight excluding hydrogens is 432 g/mol. The Morgan fingerprint density at radius 2 is 2.03 bits per heavy atom. The molecule has 0 radical (unpaired) electrons. The average molecular weight is 459 g/mol. The maximum absolute atomic E-state index is 7.47. The number of fused-ring (bicyclic) bond motifs is 1. The Balaban J connectivity index is 1.37. The molecular formula is C21H26N6O2S2. The van der Waals surface area contributed by atoms with Gasteiger partial charge in [-0.25, -0.2) is 9.97 Å². The molecule has 1 aliphatic heterocycles. The molecule has 0 spiro atoms. The molecule has 1 atom stereocenters. The molecule has 1 fully saturated rings. The van der Waals surface area contributed by atoms with Crippen LogP contribution in [-0.4, -0.2) is 45.5 Å². The van der Waals surface area contributed by atoms with Crippen molar-refractivity contribution in [1.82, 2.24) is 20.1 Å². The number of piperidine rings is 1. The van der Waals surface area contributed by atoms with Gasteiger partial charge in [0.05, 0.1) is 5.69 Å². The summed E-state index contributed by atoms with van der Waals surface area (Å²) in [5, 5.41) is 13.7. The average Bonchev–Trinajstić information content (AvgIpc) is 3.41. The SMILES string of the molecule is CC(C)c1noc(N2CCC(C(C)Oc3nc4ccc(/C(C=N)=C/S)nc4s3)CC2)n1. The molecule has 10 heteroatoms. The Kier molecular flexibility index (Phi) is 6.57. The van der Waals surface area contributed by atoms with Gasteiger partial charge in [-0.1, -0.05) is 30.3 Å². The van der Waals surface area contributed by atoms with Gasteiger partial charge in [-0.2, -0.15) is 17.6 Å². The largest absolute Gasteiger partial charge is 0.467 e. The van der Waals surface area contributed by atoms with Gasteiger partial charge in [-0.05, 0) is 43.2 Å². The fraction of sp³-hybridized carbons (Fsp3) is 0.476. The van der Waals surface area contributed by atoms with Crippen molar-refractivity contribution in [2.24, 2.45) is 5.92 Å². The van der Waals surface area contributed by atoms with Crippen molar-refractivity contribution in [3.05, 3.63) is 29.1 Å². The topological polar surface area (TPSA) is 101 Å². The first kappa shape index (κ1) is 21.8. The van der Waals surface area contributed by atoms with E-state index in [1.165, 1.54) is 17.6 Å². The Morgan fingerprint density at radius 1 is 1.26 bits per heavy atom. The van der Waals surface area contributed by atoms with E-state index in [0.29, 0.717) is 28.4 Å². The Morgan fingerprint density at radius 3 is 2.68 bits per heavy atom. The van der Waals surface area contributed by atoms with Crippen LogP contribution in [0.3, 0.4) is 0 Å². The number of nitrogens with zero attached hydrogens (tertiary/aromatic N) is 5. The highest BCUT2D eigenvalue weighted by atomic mass is 32.1. The van der Waals surface area contributed by atoms with Crippen molar-refractivity contribution >= 4 is 52.1 Å². The van der Waals surface area contributed by atoms with Crippen LogP contribution in [0.25, 0.3) is 15.9 Å². The fourth-order valence-electron chi connectivity index (χ4n) is 3.59. The Bertz CT molecular complexity index is 1080. The maximum atomic E-state index is 7.47. The number of ether oxygens (including phenoxy) is 1. The second-order valence-corrected chi connectivity index (χ2v) is 9.16. The first-order valence-corrected chi connectivity index (χ1v) is 11.7. The van der Waals surface area contributed by atoms with Crippen LogP contribution < -0.4 is 9.64 Å². The molecule has 1 unspecified atom stereocenters. The van der Waals surface area contributed by atoms with Crippen LogP contribution in [0.5, 0.6) is 5.19 Å². The summed E-state index contributed by atoms with van der Waals surface area (Å²) in [6.07, 6.45) is 3.27. The van der Waals surface area contributed by atoms with Gasteiger partial charge < -0.3 is 19.6 Å². The molecule has 0 amide bonds. The first-order valence-electron chi connectivity index (χ1n) is 10.4. The van der Waals surface area contributed by atoms with Crippen LogP contribution in [-0.2, 0) is 0 Å². The van der Waals surface area contributed by atoms with Gasteiger partial charge >= 0.3 is 6.01 Å². The van der Waals surface area contributed by atoms with Crippen LogP contribution in [0.4, 0.5) is 6.01 Å². The van der Waals surface area contributed by atoms with Gasteiger partial charge in [0, 0.05) is 30.8 Å². The standard InChI is InChI=1S/C21H26N6O2S2/c1-12(2)18-25-20(29-26-18)27-8-6-14(7-9-27)13(3)28-21-24-17-5-4-16(15(10-22)11-30)23-19(17)31-21/h4-5,10-14,22,30H,6-9H2,1-3H3/b15-11+,22-10?. The summed E-state index contributed by atoms with van der Waals surface area (Å²) in [7, 11) is 0. The number of aromatic nitrogens is 4. The molecule has 1 N–H and O–H groups in total. The van der Waals surface area contributed by atoms with Crippen LogP contribution in [0.1, 0.15) is 51.0 Å². The zero-order valence-electron chi connectivity index (χ0n) is 17.8. The van der Waals surface area contributed by atoms with Crippen molar-refractivity contribution in [3.63, 3.8) is 0 Å². The molecule has 4 rings (SSSR count). The van der Waals surface area contributed by atoms with E-state index in [4.69, 9.17) is 14.7 Å². The molecule has 4 heterocycles. The normalized spacial score (nSPS) is 16.8. The molecule has 0 bridgehead atoms. The minimum atomic E-state index is 0.0468. The number of nitrogens with one attached hydrogen (secondary N) is 1. The lowest BCUT2D eigenvalue weighted by molar-refractivity contribution is 0.131. The third-order valence-corrected chi connectivity index (χ3v) is 6.67. The first-order chi connectivity index (χ1) is 15.0. The molecule has 164 valence electrons. The monoisotopic (exact) mass is 458 g/mol. The summed E-state index contributed by atoms with van der Waals surface area (Å²) in [4.78, 5) is 16.6. The number of thiol groups is 1. The third-order valence-electron chi connectivity index (χ3n) is 5.53. The third kappa shape index (κ3) is 4.74. The Labute approximate surface area is 190 Å². The van der Waals surface area contributed by atoms with Crippen molar-refractivity contribution < 1.29 is 9.26 Å².